The Labute approximate surface area is 102 Å². The van der Waals surface area contributed by atoms with E-state index in [4.69, 9.17) is 10.5 Å². The van der Waals surface area contributed by atoms with Crippen LogP contribution < -0.4 is 11.1 Å². The summed E-state index contributed by atoms with van der Waals surface area (Å²) >= 11 is 0. The van der Waals surface area contributed by atoms with Gasteiger partial charge >= 0.3 is 0 Å². The Bertz CT molecular complexity index is 291. The van der Waals surface area contributed by atoms with Gasteiger partial charge in [0.05, 0.1) is 6.10 Å². The molecule has 2 rings (SSSR count). The van der Waals surface area contributed by atoms with Gasteiger partial charge in [-0.2, -0.15) is 0 Å². The minimum atomic E-state index is -1.08. The SMILES string of the molecule is CCOC1CC(NCC(O)C(N)=O)C12CCC2. The number of hydrogen-bond acceptors (Lipinski definition) is 4. The summed E-state index contributed by atoms with van der Waals surface area (Å²) < 4.78 is 5.73. The topological polar surface area (TPSA) is 84.6 Å². The molecule has 2 fully saturated rings. The lowest BCUT2D eigenvalue weighted by molar-refractivity contribution is -0.173. The van der Waals surface area contributed by atoms with E-state index < -0.39 is 12.0 Å². The number of aliphatic hydroxyl groups excluding tert-OH is 1. The van der Waals surface area contributed by atoms with Crippen LogP contribution in [0.15, 0.2) is 0 Å². The summed E-state index contributed by atoms with van der Waals surface area (Å²) in [5.41, 5.74) is 5.27. The van der Waals surface area contributed by atoms with Gasteiger partial charge in [-0.05, 0) is 26.2 Å². The smallest absolute Gasteiger partial charge is 0.247 e. The molecule has 0 aromatic carbocycles. The highest BCUT2D eigenvalue weighted by atomic mass is 16.5. The van der Waals surface area contributed by atoms with Crippen LogP contribution in [-0.4, -0.2) is 42.4 Å². The zero-order valence-corrected chi connectivity index (χ0v) is 10.3. The monoisotopic (exact) mass is 242 g/mol. The van der Waals surface area contributed by atoms with Gasteiger partial charge in [0.1, 0.15) is 6.10 Å². The van der Waals surface area contributed by atoms with E-state index in [0.717, 1.165) is 13.0 Å². The number of nitrogens with one attached hydrogen (secondary N) is 1. The standard InChI is InChI=1S/C12H22N2O3/c1-2-17-10-6-9(12(10)4-3-5-12)14-7-8(15)11(13)16/h8-10,14-15H,2-7H2,1H3,(H2,13,16). The van der Waals surface area contributed by atoms with E-state index in [1.54, 1.807) is 0 Å². The van der Waals surface area contributed by atoms with Crippen molar-refractivity contribution in [2.24, 2.45) is 11.1 Å². The summed E-state index contributed by atoms with van der Waals surface area (Å²) in [7, 11) is 0. The summed E-state index contributed by atoms with van der Waals surface area (Å²) in [5.74, 6) is -0.666. The largest absolute Gasteiger partial charge is 0.382 e. The van der Waals surface area contributed by atoms with Crippen molar-refractivity contribution in [2.75, 3.05) is 13.2 Å². The van der Waals surface area contributed by atoms with Crippen LogP contribution in [0, 0.1) is 5.41 Å². The lowest BCUT2D eigenvalue weighted by Crippen LogP contribution is -2.67. The minimum absolute atomic E-state index is 0.251. The van der Waals surface area contributed by atoms with Crippen LogP contribution in [0.3, 0.4) is 0 Å². The third-order valence-corrected chi connectivity index (χ3v) is 4.32. The Morgan fingerprint density at radius 2 is 2.35 bits per heavy atom. The molecule has 2 aliphatic carbocycles. The molecule has 17 heavy (non-hydrogen) atoms. The van der Waals surface area contributed by atoms with E-state index in [1.807, 2.05) is 6.92 Å². The van der Waals surface area contributed by atoms with E-state index in [1.165, 1.54) is 19.3 Å². The number of rotatable bonds is 6. The van der Waals surface area contributed by atoms with Crippen LogP contribution in [0.5, 0.6) is 0 Å². The second-order valence-corrected chi connectivity index (χ2v) is 5.15. The molecule has 0 aromatic rings. The number of nitrogens with two attached hydrogens (primary N) is 1. The Morgan fingerprint density at radius 1 is 1.65 bits per heavy atom. The molecule has 3 atom stereocenters. The van der Waals surface area contributed by atoms with Gasteiger partial charge in [0, 0.05) is 24.6 Å². The van der Waals surface area contributed by atoms with Gasteiger partial charge in [-0.15, -0.1) is 0 Å². The molecule has 0 heterocycles. The van der Waals surface area contributed by atoms with Crippen LogP contribution in [0.25, 0.3) is 0 Å². The summed E-state index contributed by atoms with van der Waals surface area (Å²) in [5, 5.41) is 12.6. The molecular formula is C12H22N2O3. The van der Waals surface area contributed by atoms with Crippen LogP contribution in [0.2, 0.25) is 0 Å². The maximum absolute atomic E-state index is 10.7. The third-order valence-electron chi connectivity index (χ3n) is 4.32. The Balaban J connectivity index is 1.81. The van der Waals surface area contributed by atoms with Crippen molar-refractivity contribution in [3.8, 4) is 0 Å². The van der Waals surface area contributed by atoms with Crippen LogP contribution in [0.4, 0.5) is 0 Å². The molecule has 0 radical (unpaired) electrons. The average molecular weight is 242 g/mol. The number of carbonyl (C=O) groups is 1. The van der Waals surface area contributed by atoms with E-state index >= 15 is 0 Å². The fourth-order valence-electron chi connectivity index (χ4n) is 3.08. The Hall–Kier alpha value is -0.650. The van der Waals surface area contributed by atoms with Crippen LogP contribution in [-0.2, 0) is 9.53 Å². The fraction of sp³-hybridized carbons (Fsp3) is 0.917. The molecule has 0 aromatic heterocycles. The van der Waals surface area contributed by atoms with Gasteiger partial charge in [0.25, 0.3) is 0 Å². The highest BCUT2D eigenvalue weighted by molar-refractivity contribution is 5.78. The van der Waals surface area contributed by atoms with Gasteiger partial charge in [0.15, 0.2) is 0 Å². The van der Waals surface area contributed by atoms with E-state index in [0.29, 0.717) is 12.1 Å². The van der Waals surface area contributed by atoms with Crippen molar-refractivity contribution in [1.82, 2.24) is 5.32 Å². The Morgan fingerprint density at radius 3 is 2.82 bits per heavy atom. The fourth-order valence-corrected chi connectivity index (χ4v) is 3.08. The molecule has 4 N–H and O–H groups in total. The maximum Gasteiger partial charge on any atom is 0.247 e. The maximum atomic E-state index is 10.7. The van der Waals surface area contributed by atoms with Gasteiger partial charge in [-0.3, -0.25) is 4.79 Å². The number of carbonyl (C=O) groups excluding carboxylic acids is 1. The van der Waals surface area contributed by atoms with Gasteiger partial charge in [-0.25, -0.2) is 0 Å². The molecule has 98 valence electrons. The predicted octanol–water partition coefficient (Wildman–Crippen LogP) is -0.230. The second-order valence-electron chi connectivity index (χ2n) is 5.15. The molecule has 3 unspecified atom stereocenters. The molecule has 0 aliphatic heterocycles. The first-order chi connectivity index (χ1) is 8.10. The molecule has 5 heteroatoms. The van der Waals surface area contributed by atoms with Gasteiger partial charge < -0.3 is 20.9 Å². The molecule has 2 saturated carbocycles. The van der Waals surface area contributed by atoms with E-state index in [2.05, 4.69) is 5.32 Å². The predicted molar refractivity (Wildman–Crippen MR) is 63.3 cm³/mol. The zero-order chi connectivity index (χ0) is 12.5. The third kappa shape index (κ3) is 2.19. The van der Waals surface area contributed by atoms with Crippen molar-refractivity contribution >= 4 is 5.91 Å². The van der Waals surface area contributed by atoms with Gasteiger partial charge in [0.2, 0.25) is 5.91 Å². The van der Waals surface area contributed by atoms with Crippen molar-refractivity contribution in [3.63, 3.8) is 0 Å². The number of aliphatic hydroxyl groups is 1. The van der Waals surface area contributed by atoms with Crippen molar-refractivity contribution in [1.29, 1.82) is 0 Å². The zero-order valence-electron chi connectivity index (χ0n) is 10.3. The molecular weight excluding hydrogens is 220 g/mol. The van der Waals surface area contributed by atoms with Crippen LogP contribution in [0.1, 0.15) is 32.6 Å². The summed E-state index contributed by atoms with van der Waals surface area (Å²) in [6.07, 6.45) is 3.85. The highest BCUT2D eigenvalue weighted by Crippen LogP contribution is 2.57. The second kappa shape index (κ2) is 4.92. The first-order valence-corrected chi connectivity index (χ1v) is 6.42. The van der Waals surface area contributed by atoms with Crippen molar-refractivity contribution < 1.29 is 14.6 Å². The van der Waals surface area contributed by atoms with E-state index in [9.17, 15) is 9.90 Å². The highest BCUT2D eigenvalue weighted by Gasteiger charge is 2.58. The molecule has 2 aliphatic rings. The molecule has 1 spiro atoms. The number of primary amides is 1. The normalized spacial score (nSPS) is 31.6. The van der Waals surface area contributed by atoms with Crippen molar-refractivity contribution in [3.05, 3.63) is 0 Å². The minimum Gasteiger partial charge on any atom is -0.382 e. The average Bonchev–Trinajstić information content (AvgIpc) is 2.19. The van der Waals surface area contributed by atoms with E-state index in [-0.39, 0.29) is 12.0 Å². The van der Waals surface area contributed by atoms with Gasteiger partial charge in [-0.1, -0.05) is 6.42 Å². The summed E-state index contributed by atoms with van der Waals surface area (Å²) in [6.45, 7) is 3.02. The number of amides is 1. The number of ether oxygens (including phenoxy) is 1. The summed E-state index contributed by atoms with van der Waals surface area (Å²) in [6, 6.07) is 0.363. The quantitative estimate of drug-likeness (QED) is 0.600. The number of hydrogen-bond donors (Lipinski definition) is 3. The molecule has 5 nitrogen and oxygen atoms in total. The first-order valence-electron chi connectivity index (χ1n) is 6.42. The lowest BCUT2D eigenvalue weighted by Gasteiger charge is -2.61. The first kappa shape index (κ1) is 12.8. The molecule has 0 saturated heterocycles. The molecule has 0 bridgehead atoms. The van der Waals surface area contributed by atoms with Crippen LogP contribution >= 0.6 is 0 Å². The Kier molecular flexibility index (Phi) is 3.70. The van der Waals surface area contributed by atoms with Crippen molar-refractivity contribution in [2.45, 2.75) is 50.9 Å². The lowest BCUT2D eigenvalue weighted by atomic mass is 9.51. The molecule has 1 amide bonds. The summed E-state index contributed by atoms with van der Waals surface area (Å²) in [4.78, 5) is 10.7.